The zero-order valence-electron chi connectivity index (χ0n) is 8.68. The molecule has 0 aromatic heterocycles. The van der Waals surface area contributed by atoms with Crippen molar-refractivity contribution in [1.82, 2.24) is 4.90 Å². The van der Waals surface area contributed by atoms with Crippen LogP contribution in [-0.2, 0) is 4.79 Å². The molecule has 76 valence electrons. The normalized spacial score (nSPS) is 19.3. The second-order valence-corrected chi connectivity index (χ2v) is 3.81. The molecule has 1 aliphatic rings. The van der Waals surface area contributed by atoms with Crippen molar-refractivity contribution >= 4 is 5.91 Å². The fourth-order valence-corrected chi connectivity index (χ4v) is 1.91. The highest BCUT2D eigenvalue weighted by Gasteiger charge is 2.33. The van der Waals surface area contributed by atoms with E-state index in [0.29, 0.717) is 6.42 Å². The zero-order chi connectivity index (χ0) is 9.90. The summed E-state index contributed by atoms with van der Waals surface area (Å²) in [6.45, 7) is 4.94. The lowest BCUT2D eigenvalue weighted by Crippen LogP contribution is -2.59. The van der Waals surface area contributed by atoms with Gasteiger partial charge >= 0.3 is 0 Å². The average molecular weight is 184 g/mol. The van der Waals surface area contributed by atoms with Gasteiger partial charge in [-0.15, -0.1) is 0 Å². The topological polar surface area (TPSA) is 46.3 Å². The van der Waals surface area contributed by atoms with E-state index in [1.807, 2.05) is 18.7 Å². The second kappa shape index (κ2) is 4.09. The number of piperidine rings is 1. The van der Waals surface area contributed by atoms with E-state index in [0.717, 1.165) is 32.2 Å². The number of nitrogens with two attached hydrogens (primary N) is 1. The first-order chi connectivity index (χ1) is 6.14. The highest BCUT2D eigenvalue weighted by atomic mass is 16.2. The molecular weight excluding hydrogens is 164 g/mol. The van der Waals surface area contributed by atoms with E-state index in [-0.39, 0.29) is 5.91 Å². The third-order valence-corrected chi connectivity index (χ3v) is 3.09. The van der Waals surface area contributed by atoms with Crippen LogP contribution in [0, 0.1) is 0 Å². The largest absolute Gasteiger partial charge is 0.325 e. The smallest absolute Gasteiger partial charge is 0.224 e. The maximum atomic E-state index is 11.6. The highest BCUT2D eigenvalue weighted by Crippen LogP contribution is 2.23. The van der Waals surface area contributed by atoms with E-state index < -0.39 is 5.66 Å². The fourth-order valence-electron chi connectivity index (χ4n) is 1.91. The lowest BCUT2D eigenvalue weighted by Gasteiger charge is -2.42. The summed E-state index contributed by atoms with van der Waals surface area (Å²) >= 11 is 0. The van der Waals surface area contributed by atoms with Gasteiger partial charge in [0.1, 0.15) is 0 Å². The SMILES string of the molecule is CCC(N)(CC)N1CCCCC1=O. The molecule has 1 heterocycles. The number of hydrogen-bond donors (Lipinski definition) is 1. The van der Waals surface area contributed by atoms with Gasteiger partial charge in [-0.2, -0.15) is 0 Å². The first-order valence-corrected chi connectivity index (χ1v) is 5.23. The summed E-state index contributed by atoms with van der Waals surface area (Å²) < 4.78 is 0. The molecule has 1 rings (SSSR count). The number of amides is 1. The molecular formula is C10H20N2O. The predicted molar refractivity (Wildman–Crippen MR) is 53.1 cm³/mol. The highest BCUT2D eigenvalue weighted by molar-refractivity contribution is 5.77. The number of hydrogen-bond acceptors (Lipinski definition) is 2. The molecule has 1 amide bonds. The van der Waals surface area contributed by atoms with Gasteiger partial charge < -0.3 is 10.6 Å². The molecule has 1 aliphatic heterocycles. The van der Waals surface area contributed by atoms with Crippen molar-refractivity contribution in [2.75, 3.05) is 6.54 Å². The van der Waals surface area contributed by atoms with Crippen LogP contribution in [0.5, 0.6) is 0 Å². The quantitative estimate of drug-likeness (QED) is 0.722. The Hall–Kier alpha value is -0.570. The molecule has 1 saturated heterocycles. The average Bonchev–Trinajstić information content (AvgIpc) is 2.17. The summed E-state index contributed by atoms with van der Waals surface area (Å²) in [6.07, 6.45) is 4.49. The van der Waals surface area contributed by atoms with Crippen LogP contribution in [0.25, 0.3) is 0 Å². The summed E-state index contributed by atoms with van der Waals surface area (Å²) in [5.74, 6) is 0.234. The minimum absolute atomic E-state index is 0.234. The molecule has 0 aromatic carbocycles. The van der Waals surface area contributed by atoms with E-state index in [2.05, 4.69) is 0 Å². The van der Waals surface area contributed by atoms with Crippen LogP contribution in [-0.4, -0.2) is 23.0 Å². The third kappa shape index (κ3) is 2.02. The van der Waals surface area contributed by atoms with E-state index in [9.17, 15) is 4.79 Å². The van der Waals surface area contributed by atoms with Gasteiger partial charge in [-0.3, -0.25) is 4.79 Å². The van der Waals surface area contributed by atoms with Crippen LogP contribution in [0.15, 0.2) is 0 Å². The molecule has 0 aliphatic carbocycles. The van der Waals surface area contributed by atoms with Crippen LogP contribution in [0.1, 0.15) is 46.0 Å². The van der Waals surface area contributed by atoms with Gasteiger partial charge in [0, 0.05) is 13.0 Å². The molecule has 13 heavy (non-hydrogen) atoms. The Kier molecular flexibility index (Phi) is 3.31. The first-order valence-electron chi connectivity index (χ1n) is 5.23. The van der Waals surface area contributed by atoms with E-state index in [4.69, 9.17) is 5.73 Å². The number of likely N-dealkylation sites (tertiary alicyclic amines) is 1. The number of carbonyl (C=O) groups is 1. The van der Waals surface area contributed by atoms with E-state index >= 15 is 0 Å². The van der Waals surface area contributed by atoms with Crippen molar-refractivity contribution in [2.45, 2.75) is 51.6 Å². The van der Waals surface area contributed by atoms with Gasteiger partial charge in [0.15, 0.2) is 0 Å². The van der Waals surface area contributed by atoms with Gasteiger partial charge in [-0.05, 0) is 25.7 Å². The van der Waals surface area contributed by atoms with E-state index in [1.54, 1.807) is 0 Å². The molecule has 1 fully saturated rings. The van der Waals surface area contributed by atoms with Crippen LogP contribution >= 0.6 is 0 Å². The molecule has 3 heteroatoms. The molecule has 0 radical (unpaired) electrons. The van der Waals surface area contributed by atoms with Crippen LogP contribution in [0.4, 0.5) is 0 Å². The van der Waals surface area contributed by atoms with Crippen molar-refractivity contribution in [3.05, 3.63) is 0 Å². The molecule has 0 bridgehead atoms. The van der Waals surface area contributed by atoms with Crippen molar-refractivity contribution in [2.24, 2.45) is 5.73 Å². The van der Waals surface area contributed by atoms with E-state index in [1.165, 1.54) is 0 Å². The Labute approximate surface area is 80.3 Å². The van der Waals surface area contributed by atoms with Gasteiger partial charge in [0.05, 0.1) is 5.66 Å². The van der Waals surface area contributed by atoms with Crippen LogP contribution in [0.2, 0.25) is 0 Å². The standard InChI is InChI=1S/C10H20N2O/c1-3-10(11,4-2)12-8-6-5-7-9(12)13/h3-8,11H2,1-2H3. The van der Waals surface area contributed by atoms with Crippen molar-refractivity contribution in [1.29, 1.82) is 0 Å². The Morgan fingerprint density at radius 3 is 2.46 bits per heavy atom. The summed E-state index contributed by atoms with van der Waals surface area (Å²) in [5.41, 5.74) is 5.78. The Balaban J connectivity index is 2.71. The Morgan fingerprint density at radius 2 is 2.00 bits per heavy atom. The predicted octanol–water partition coefficient (Wildman–Crippen LogP) is 1.47. The zero-order valence-corrected chi connectivity index (χ0v) is 8.68. The third-order valence-electron chi connectivity index (χ3n) is 3.09. The van der Waals surface area contributed by atoms with Gasteiger partial charge in [-0.25, -0.2) is 0 Å². The van der Waals surface area contributed by atoms with Crippen molar-refractivity contribution < 1.29 is 4.79 Å². The number of carbonyl (C=O) groups excluding carboxylic acids is 1. The van der Waals surface area contributed by atoms with Gasteiger partial charge in [0.25, 0.3) is 0 Å². The molecule has 0 aromatic rings. The molecule has 3 nitrogen and oxygen atoms in total. The molecule has 2 N–H and O–H groups in total. The summed E-state index contributed by atoms with van der Waals surface area (Å²) in [7, 11) is 0. The number of nitrogens with zero attached hydrogens (tertiary/aromatic N) is 1. The Bertz CT molecular complexity index is 187. The van der Waals surface area contributed by atoms with Crippen molar-refractivity contribution in [3.63, 3.8) is 0 Å². The maximum Gasteiger partial charge on any atom is 0.224 e. The van der Waals surface area contributed by atoms with Gasteiger partial charge in [-0.1, -0.05) is 13.8 Å². The molecule has 0 atom stereocenters. The van der Waals surface area contributed by atoms with Crippen LogP contribution < -0.4 is 5.73 Å². The minimum atomic E-state index is -0.391. The van der Waals surface area contributed by atoms with Gasteiger partial charge in [0.2, 0.25) is 5.91 Å². The summed E-state index contributed by atoms with van der Waals surface area (Å²) in [4.78, 5) is 13.5. The lowest BCUT2D eigenvalue weighted by atomic mass is 9.98. The summed E-state index contributed by atoms with van der Waals surface area (Å²) in [5, 5.41) is 0. The minimum Gasteiger partial charge on any atom is -0.325 e. The monoisotopic (exact) mass is 184 g/mol. The maximum absolute atomic E-state index is 11.6. The molecule has 0 unspecified atom stereocenters. The number of rotatable bonds is 3. The van der Waals surface area contributed by atoms with Crippen LogP contribution in [0.3, 0.4) is 0 Å². The fraction of sp³-hybridized carbons (Fsp3) is 0.900. The first kappa shape index (κ1) is 10.5. The van der Waals surface area contributed by atoms with Crippen molar-refractivity contribution in [3.8, 4) is 0 Å². The Morgan fingerprint density at radius 1 is 1.38 bits per heavy atom. The summed E-state index contributed by atoms with van der Waals surface area (Å²) in [6, 6.07) is 0. The molecule has 0 saturated carbocycles. The molecule has 0 spiro atoms. The second-order valence-electron chi connectivity index (χ2n) is 3.81. The lowest BCUT2D eigenvalue weighted by molar-refractivity contribution is -0.140.